The van der Waals surface area contributed by atoms with Gasteiger partial charge in [0.25, 0.3) is 0 Å². The van der Waals surface area contributed by atoms with E-state index in [0.717, 1.165) is 32.5 Å². The third kappa shape index (κ3) is 2.62. The molecule has 0 amide bonds. The maximum Gasteiger partial charge on any atom is 0.0707 e. The van der Waals surface area contributed by atoms with Gasteiger partial charge >= 0.3 is 0 Å². The molecule has 0 radical (unpaired) electrons. The summed E-state index contributed by atoms with van der Waals surface area (Å²) in [6.45, 7) is 5.09. The number of nitrogens with two attached hydrogens (primary N) is 1. The number of hydrogen-bond donors (Lipinski definition) is 1. The van der Waals surface area contributed by atoms with Gasteiger partial charge in [-0.05, 0) is 31.2 Å². The number of likely N-dealkylation sites (tertiary alicyclic amines) is 1. The van der Waals surface area contributed by atoms with Crippen LogP contribution in [0.1, 0.15) is 31.7 Å². The fourth-order valence-electron chi connectivity index (χ4n) is 3.78. The van der Waals surface area contributed by atoms with Crippen LogP contribution in [0, 0.1) is 0 Å². The number of nitrogens with zero attached hydrogens (tertiary/aromatic N) is 1. The number of ether oxygens (including phenoxy) is 1. The standard InChI is InChI=1S/C17H26N2O/c1-2-17(13-18,10-14-6-4-3-5-7-14)19-11-15-8-9-16(12-19)20-15/h3-7,15-16H,2,8-13,18H2,1H3. The van der Waals surface area contributed by atoms with E-state index in [9.17, 15) is 0 Å². The van der Waals surface area contributed by atoms with Crippen LogP contribution in [0.25, 0.3) is 0 Å². The Balaban J connectivity index is 1.80. The number of fused-ring (bicyclic) bond motifs is 2. The molecule has 2 N–H and O–H groups in total. The molecule has 2 aliphatic rings. The third-order valence-electron chi connectivity index (χ3n) is 5.13. The molecule has 2 saturated heterocycles. The van der Waals surface area contributed by atoms with Crippen LogP contribution in [0.2, 0.25) is 0 Å². The van der Waals surface area contributed by atoms with Crippen LogP contribution < -0.4 is 5.73 Å². The van der Waals surface area contributed by atoms with E-state index in [1.54, 1.807) is 0 Å². The molecule has 3 atom stereocenters. The normalized spacial score (nSPS) is 29.3. The van der Waals surface area contributed by atoms with E-state index in [2.05, 4.69) is 42.2 Å². The summed E-state index contributed by atoms with van der Waals surface area (Å²) < 4.78 is 5.98. The molecule has 0 spiro atoms. The van der Waals surface area contributed by atoms with E-state index >= 15 is 0 Å². The highest BCUT2D eigenvalue weighted by Crippen LogP contribution is 2.33. The second kappa shape index (κ2) is 5.84. The Hall–Kier alpha value is -0.900. The fraction of sp³-hybridized carbons (Fsp3) is 0.647. The number of hydrogen-bond acceptors (Lipinski definition) is 3. The maximum absolute atomic E-state index is 6.23. The Morgan fingerprint density at radius 2 is 1.85 bits per heavy atom. The molecule has 20 heavy (non-hydrogen) atoms. The first-order valence-corrected chi connectivity index (χ1v) is 7.90. The predicted octanol–water partition coefficient (Wildman–Crippen LogP) is 2.20. The molecule has 3 nitrogen and oxygen atoms in total. The van der Waals surface area contributed by atoms with Crippen LogP contribution in [0.15, 0.2) is 30.3 Å². The molecule has 3 rings (SSSR count). The first-order chi connectivity index (χ1) is 9.75. The molecule has 2 bridgehead atoms. The Bertz CT molecular complexity index is 418. The van der Waals surface area contributed by atoms with Gasteiger partial charge in [0.2, 0.25) is 0 Å². The van der Waals surface area contributed by atoms with Gasteiger partial charge in [0, 0.05) is 25.2 Å². The van der Waals surface area contributed by atoms with Crippen molar-refractivity contribution in [2.45, 2.75) is 50.4 Å². The van der Waals surface area contributed by atoms with Crippen molar-refractivity contribution < 1.29 is 4.74 Å². The molecule has 2 heterocycles. The lowest BCUT2D eigenvalue weighted by molar-refractivity contribution is -0.0778. The SMILES string of the molecule is CCC(CN)(Cc1ccccc1)N1CC2CCC(C1)O2. The highest BCUT2D eigenvalue weighted by Gasteiger charge is 2.42. The minimum Gasteiger partial charge on any atom is -0.372 e. The van der Waals surface area contributed by atoms with E-state index in [1.165, 1.54) is 18.4 Å². The van der Waals surface area contributed by atoms with Gasteiger partial charge in [0.1, 0.15) is 0 Å². The number of morpholine rings is 1. The van der Waals surface area contributed by atoms with Crippen LogP contribution in [-0.2, 0) is 11.2 Å². The fourth-order valence-corrected chi connectivity index (χ4v) is 3.78. The summed E-state index contributed by atoms with van der Waals surface area (Å²) in [4.78, 5) is 2.62. The minimum absolute atomic E-state index is 0.0893. The maximum atomic E-state index is 6.23. The quantitative estimate of drug-likeness (QED) is 0.894. The molecule has 1 aromatic carbocycles. The first-order valence-electron chi connectivity index (χ1n) is 7.90. The molecule has 2 fully saturated rings. The average molecular weight is 274 g/mol. The Morgan fingerprint density at radius 1 is 1.20 bits per heavy atom. The van der Waals surface area contributed by atoms with Crippen LogP contribution >= 0.6 is 0 Å². The minimum atomic E-state index is 0.0893. The largest absolute Gasteiger partial charge is 0.372 e. The molecule has 0 aromatic heterocycles. The van der Waals surface area contributed by atoms with Crippen molar-refractivity contribution in [1.29, 1.82) is 0 Å². The highest BCUT2D eigenvalue weighted by molar-refractivity contribution is 5.19. The Morgan fingerprint density at radius 3 is 2.40 bits per heavy atom. The van der Waals surface area contributed by atoms with Crippen molar-refractivity contribution in [3.05, 3.63) is 35.9 Å². The van der Waals surface area contributed by atoms with Crippen molar-refractivity contribution in [1.82, 2.24) is 4.90 Å². The summed E-state index contributed by atoms with van der Waals surface area (Å²) in [5, 5.41) is 0. The summed E-state index contributed by atoms with van der Waals surface area (Å²) in [5.41, 5.74) is 7.70. The summed E-state index contributed by atoms with van der Waals surface area (Å²) >= 11 is 0. The van der Waals surface area contributed by atoms with Gasteiger partial charge in [0.05, 0.1) is 12.2 Å². The van der Waals surface area contributed by atoms with Gasteiger partial charge in [-0.2, -0.15) is 0 Å². The van der Waals surface area contributed by atoms with Crippen LogP contribution in [0.5, 0.6) is 0 Å². The smallest absolute Gasteiger partial charge is 0.0707 e. The molecule has 2 aliphatic heterocycles. The van der Waals surface area contributed by atoms with Gasteiger partial charge < -0.3 is 10.5 Å². The zero-order chi connectivity index (χ0) is 14.0. The van der Waals surface area contributed by atoms with E-state index < -0.39 is 0 Å². The predicted molar refractivity (Wildman–Crippen MR) is 81.7 cm³/mol. The third-order valence-corrected chi connectivity index (χ3v) is 5.13. The molecule has 3 unspecified atom stereocenters. The second-order valence-corrected chi connectivity index (χ2v) is 6.31. The monoisotopic (exact) mass is 274 g/mol. The van der Waals surface area contributed by atoms with E-state index in [4.69, 9.17) is 10.5 Å². The van der Waals surface area contributed by atoms with Crippen LogP contribution in [0.4, 0.5) is 0 Å². The van der Waals surface area contributed by atoms with Crippen molar-refractivity contribution in [2.24, 2.45) is 5.73 Å². The molecular weight excluding hydrogens is 248 g/mol. The lowest BCUT2D eigenvalue weighted by Gasteiger charge is -2.47. The van der Waals surface area contributed by atoms with Gasteiger partial charge in [0.15, 0.2) is 0 Å². The van der Waals surface area contributed by atoms with Gasteiger partial charge in [-0.1, -0.05) is 37.3 Å². The van der Waals surface area contributed by atoms with Crippen LogP contribution in [-0.4, -0.2) is 42.3 Å². The summed E-state index contributed by atoms with van der Waals surface area (Å²) in [7, 11) is 0. The summed E-state index contributed by atoms with van der Waals surface area (Å²) in [6.07, 6.45) is 5.44. The Labute approximate surface area is 122 Å². The van der Waals surface area contributed by atoms with Crippen molar-refractivity contribution >= 4 is 0 Å². The average Bonchev–Trinajstić information content (AvgIpc) is 2.84. The molecule has 1 aromatic rings. The molecule has 0 saturated carbocycles. The molecule has 3 heteroatoms. The lowest BCUT2D eigenvalue weighted by atomic mass is 9.85. The molecule has 110 valence electrons. The Kier molecular flexibility index (Phi) is 4.11. The van der Waals surface area contributed by atoms with Crippen molar-refractivity contribution in [3.63, 3.8) is 0 Å². The van der Waals surface area contributed by atoms with Crippen molar-refractivity contribution in [3.8, 4) is 0 Å². The first kappa shape index (κ1) is 14.1. The lowest BCUT2D eigenvalue weighted by Crippen LogP contribution is -2.60. The van der Waals surface area contributed by atoms with Gasteiger partial charge in [-0.25, -0.2) is 0 Å². The molecular formula is C17H26N2O. The van der Waals surface area contributed by atoms with Crippen molar-refractivity contribution in [2.75, 3.05) is 19.6 Å². The topological polar surface area (TPSA) is 38.5 Å². The summed E-state index contributed by atoms with van der Waals surface area (Å²) in [5.74, 6) is 0. The van der Waals surface area contributed by atoms with E-state index in [1.807, 2.05) is 0 Å². The van der Waals surface area contributed by atoms with Gasteiger partial charge in [-0.3, -0.25) is 4.90 Å². The highest BCUT2D eigenvalue weighted by atomic mass is 16.5. The molecule has 0 aliphatic carbocycles. The number of rotatable bonds is 5. The zero-order valence-electron chi connectivity index (χ0n) is 12.4. The van der Waals surface area contributed by atoms with Gasteiger partial charge in [-0.15, -0.1) is 0 Å². The van der Waals surface area contributed by atoms with Crippen LogP contribution in [0.3, 0.4) is 0 Å². The van der Waals surface area contributed by atoms with E-state index in [0.29, 0.717) is 12.2 Å². The van der Waals surface area contributed by atoms with E-state index in [-0.39, 0.29) is 5.54 Å². The summed E-state index contributed by atoms with van der Waals surface area (Å²) in [6, 6.07) is 10.8. The number of benzene rings is 1. The second-order valence-electron chi connectivity index (χ2n) is 6.31. The zero-order valence-corrected chi connectivity index (χ0v) is 12.4.